The summed E-state index contributed by atoms with van der Waals surface area (Å²) in [4.78, 5) is 48.7. The van der Waals surface area contributed by atoms with E-state index < -0.39 is 0 Å². The van der Waals surface area contributed by atoms with Crippen LogP contribution in [0.2, 0.25) is 0 Å². The van der Waals surface area contributed by atoms with Crippen LogP contribution in [-0.2, 0) is 52.0 Å². The van der Waals surface area contributed by atoms with Gasteiger partial charge >= 0.3 is 0 Å². The smallest absolute Gasteiger partial charge is 0.252 e. The number of nitrogens with zero attached hydrogens (tertiary/aromatic N) is 2. The van der Waals surface area contributed by atoms with E-state index in [9.17, 15) is 19.2 Å². The molecular weight excluding hydrogens is 793 g/mol. The predicted octanol–water partition coefficient (Wildman–Crippen LogP) is 5.55. The van der Waals surface area contributed by atoms with Gasteiger partial charge in [-0.1, -0.05) is 88.4 Å². The molecule has 2 amide bonds. The molecule has 4 N–H and O–H groups in total. The number of ether oxygens (including phenoxy) is 2. The number of allylic oxidation sites excluding steroid dienone is 2. The summed E-state index contributed by atoms with van der Waals surface area (Å²) < 4.78 is 13.4. The Balaban J connectivity index is 0.000000489. The normalized spacial score (nSPS) is 17.1. The van der Waals surface area contributed by atoms with E-state index in [4.69, 9.17) is 9.47 Å². The molecule has 0 saturated carbocycles. The molecule has 0 aromatic heterocycles. The number of carbonyl (C=O) groups is 4. The number of hydrogen-bond acceptors (Lipinski definition) is 8. The minimum atomic E-state index is -0.0289. The van der Waals surface area contributed by atoms with Crippen molar-refractivity contribution in [2.45, 2.75) is 93.7 Å². The van der Waals surface area contributed by atoms with Crippen molar-refractivity contribution < 1.29 is 38.0 Å². The SMILES string of the molecule is C/C=C(C=O)\C(CNC)=C(/C)OCc1ccc(CN2CC[NH+](Cc3ccc(COc4cccc5c4CNC5=O)cc3)CC2)cc1.CC.CC.C[N+]1(C)CC1.O=C1CCCC(=O)NC1. The summed E-state index contributed by atoms with van der Waals surface area (Å²) in [6.45, 7) is 23.2. The number of nitrogens with one attached hydrogen (secondary N) is 4. The van der Waals surface area contributed by atoms with Gasteiger partial charge in [0.1, 0.15) is 44.9 Å². The molecule has 63 heavy (non-hydrogen) atoms. The molecule has 0 unspecified atom stereocenters. The van der Waals surface area contributed by atoms with Crippen LogP contribution in [0.1, 0.15) is 99.0 Å². The zero-order valence-electron chi connectivity index (χ0n) is 39.7. The van der Waals surface area contributed by atoms with Gasteiger partial charge in [-0.2, -0.15) is 0 Å². The molecule has 344 valence electrons. The number of quaternary nitrogens is 2. The van der Waals surface area contributed by atoms with E-state index in [1.807, 2.05) is 72.9 Å². The standard InChI is InChI=1S/C37H44N4O4.C6H9NO2.C4H10N.2C2H6/c1-4-32(24-42)34(20-38-3)27(2)44-25-30-12-8-28(9-13-30)22-40-16-18-41(19-17-40)23-29-10-14-31(15-11-29)26-45-36-7-5-6-33-35(36)21-39-37(33)43;8-5-2-1-3-6(9)7-4-5;1-5(2)3-4-5;2*1-2/h4-15,24,38H,16-23,25-26H2,1-3H3,(H,39,43);1-4H2,(H,7,9);3-4H2,1-2H3;2*1-2H3/q;;+1;;/p+1/b32-4-,34-27+;;;;. The highest BCUT2D eigenvalue weighted by atomic mass is 16.5. The number of Topliss-reactive ketones (excluding diaryl/α,β-unsaturated/α-hetero) is 1. The van der Waals surface area contributed by atoms with Gasteiger partial charge in [-0.05, 0) is 56.1 Å². The average Bonchev–Trinajstić information content (AvgIpc) is 3.94. The predicted molar refractivity (Wildman–Crippen MR) is 252 cm³/mol. The van der Waals surface area contributed by atoms with Crippen LogP contribution in [0, 0.1) is 0 Å². The number of piperazine rings is 1. The summed E-state index contributed by atoms with van der Waals surface area (Å²) in [5.41, 5.74) is 8.08. The molecular formula is C51H76N6O6+2. The van der Waals surface area contributed by atoms with Crippen molar-refractivity contribution in [2.24, 2.45) is 0 Å². The van der Waals surface area contributed by atoms with Gasteiger partial charge in [-0.15, -0.1) is 0 Å². The first-order valence-corrected chi connectivity index (χ1v) is 22.9. The number of benzene rings is 3. The van der Waals surface area contributed by atoms with Gasteiger partial charge in [0, 0.05) is 73.4 Å². The summed E-state index contributed by atoms with van der Waals surface area (Å²) in [5.74, 6) is 1.65. The quantitative estimate of drug-likeness (QED) is 0.0415. The summed E-state index contributed by atoms with van der Waals surface area (Å²) in [6.07, 6.45) is 4.47. The number of hydrogen-bond donors (Lipinski definition) is 4. The van der Waals surface area contributed by atoms with E-state index in [1.165, 1.54) is 28.7 Å². The van der Waals surface area contributed by atoms with Crippen LogP contribution in [0.4, 0.5) is 0 Å². The monoisotopic (exact) mass is 869 g/mol. The Bertz CT molecular complexity index is 1930. The lowest BCUT2D eigenvalue weighted by Gasteiger charge is -2.32. The first kappa shape index (κ1) is 52.2. The molecule has 12 heteroatoms. The second-order valence-corrected chi connectivity index (χ2v) is 16.4. The molecule has 4 heterocycles. The summed E-state index contributed by atoms with van der Waals surface area (Å²) in [6, 6.07) is 23.0. The van der Waals surface area contributed by atoms with E-state index in [0.717, 1.165) is 79.3 Å². The highest BCUT2D eigenvalue weighted by molar-refractivity contribution is 5.99. The van der Waals surface area contributed by atoms with E-state index in [2.05, 4.69) is 83.5 Å². The fourth-order valence-corrected chi connectivity index (χ4v) is 6.98. The fraction of sp³-hybridized carbons (Fsp3) is 0.490. The third kappa shape index (κ3) is 18.2. The van der Waals surface area contributed by atoms with Crippen LogP contribution < -0.4 is 25.6 Å². The molecule has 3 fully saturated rings. The third-order valence-electron chi connectivity index (χ3n) is 11.1. The minimum absolute atomic E-state index is 0.000787. The number of ketones is 1. The van der Waals surface area contributed by atoms with Gasteiger partial charge in [0.25, 0.3) is 5.91 Å². The lowest BCUT2D eigenvalue weighted by molar-refractivity contribution is -0.918. The van der Waals surface area contributed by atoms with Crippen LogP contribution in [0.5, 0.6) is 5.75 Å². The lowest BCUT2D eigenvalue weighted by Crippen LogP contribution is -3.13. The molecule has 0 radical (unpaired) electrons. The van der Waals surface area contributed by atoms with Gasteiger partial charge in [0.15, 0.2) is 5.78 Å². The van der Waals surface area contributed by atoms with Crippen molar-refractivity contribution in [1.82, 2.24) is 20.9 Å². The Morgan fingerprint density at radius 1 is 0.825 bits per heavy atom. The van der Waals surface area contributed by atoms with Gasteiger partial charge in [-0.25, -0.2) is 0 Å². The maximum atomic E-state index is 11.9. The Morgan fingerprint density at radius 2 is 1.43 bits per heavy atom. The fourth-order valence-electron chi connectivity index (χ4n) is 6.98. The Kier molecular flexibility index (Phi) is 23.1. The van der Waals surface area contributed by atoms with E-state index in [1.54, 1.807) is 4.90 Å². The van der Waals surface area contributed by atoms with Crippen molar-refractivity contribution in [2.75, 3.05) is 73.5 Å². The van der Waals surface area contributed by atoms with Gasteiger partial charge in [-0.3, -0.25) is 24.1 Å². The summed E-state index contributed by atoms with van der Waals surface area (Å²) in [7, 11) is 6.34. The van der Waals surface area contributed by atoms with Crippen molar-refractivity contribution in [3.63, 3.8) is 0 Å². The van der Waals surface area contributed by atoms with E-state index in [0.29, 0.717) is 56.7 Å². The second-order valence-electron chi connectivity index (χ2n) is 16.4. The third-order valence-corrected chi connectivity index (χ3v) is 11.1. The molecule has 3 saturated heterocycles. The molecule has 0 atom stereocenters. The first-order valence-electron chi connectivity index (χ1n) is 22.9. The molecule has 3 aromatic carbocycles. The van der Waals surface area contributed by atoms with Crippen LogP contribution in [0.15, 0.2) is 89.7 Å². The zero-order valence-corrected chi connectivity index (χ0v) is 39.7. The van der Waals surface area contributed by atoms with Gasteiger partial charge < -0.3 is 34.8 Å². The molecule has 0 bridgehead atoms. The molecule has 4 aliphatic rings. The number of likely N-dealkylation sites (N-methyl/N-ethyl adjacent to an activating group) is 2. The van der Waals surface area contributed by atoms with Crippen molar-refractivity contribution in [1.29, 1.82) is 0 Å². The van der Waals surface area contributed by atoms with Crippen LogP contribution in [0.25, 0.3) is 0 Å². The molecule has 4 aliphatic heterocycles. The van der Waals surface area contributed by atoms with Gasteiger partial charge in [0.2, 0.25) is 5.91 Å². The van der Waals surface area contributed by atoms with Crippen molar-refractivity contribution in [3.05, 3.63) is 123 Å². The summed E-state index contributed by atoms with van der Waals surface area (Å²) in [5, 5.41) is 8.49. The zero-order chi connectivity index (χ0) is 46.2. The second kappa shape index (κ2) is 27.8. The number of amides is 2. The maximum Gasteiger partial charge on any atom is 0.252 e. The minimum Gasteiger partial charge on any atom is -0.493 e. The molecule has 3 aromatic rings. The summed E-state index contributed by atoms with van der Waals surface area (Å²) >= 11 is 0. The number of carbonyl (C=O) groups excluding carboxylic acids is 4. The Morgan fingerprint density at radius 3 is 2.02 bits per heavy atom. The highest BCUT2D eigenvalue weighted by Gasteiger charge is 2.30. The Labute approximate surface area is 377 Å². The van der Waals surface area contributed by atoms with E-state index >= 15 is 0 Å². The van der Waals surface area contributed by atoms with Crippen LogP contribution in [0.3, 0.4) is 0 Å². The largest absolute Gasteiger partial charge is 0.493 e. The van der Waals surface area contributed by atoms with Crippen molar-refractivity contribution >= 4 is 23.9 Å². The van der Waals surface area contributed by atoms with E-state index in [-0.39, 0.29) is 24.1 Å². The average molecular weight is 869 g/mol. The van der Waals surface area contributed by atoms with Crippen LogP contribution >= 0.6 is 0 Å². The topological polar surface area (TPSA) is 131 Å². The number of rotatable bonds is 14. The molecule has 7 rings (SSSR count). The number of aldehydes is 1. The van der Waals surface area contributed by atoms with Gasteiger partial charge in [0.05, 0.1) is 39.5 Å². The number of fused-ring (bicyclic) bond motifs is 1. The Hall–Kier alpha value is -5.14. The maximum absolute atomic E-state index is 11.9. The molecule has 0 spiro atoms. The highest BCUT2D eigenvalue weighted by Crippen LogP contribution is 2.27. The van der Waals surface area contributed by atoms with Crippen LogP contribution in [-0.4, -0.2) is 107 Å². The lowest BCUT2D eigenvalue weighted by atomic mass is 10.1. The molecule has 0 aliphatic carbocycles. The van der Waals surface area contributed by atoms with Crippen molar-refractivity contribution in [3.8, 4) is 5.75 Å². The first-order chi connectivity index (χ1) is 30.5. The molecule has 12 nitrogen and oxygen atoms in total.